The summed E-state index contributed by atoms with van der Waals surface area (Å²) in [5.74, 6) is 0. The first kappa shape index (κ1) is 12.5. The van der Waals surface area contributed by atoms with E-state index in [-0.39, 0.29) is 0 Å². The van der Waals surface area contributed by atoms with Gasteiger partial charge >= 0.3 is 131 Å². The molecule has 0 amide bonds. The van der Waals surface area contributed by atoms with Crippen LogP contribution in [0.1, 0.15) is 22.3 Å². The molecule has 92 valence electrons. The fraction of sp³-hybridized carbons (Fsp3) is 0.286. The van der Waals surface area contributed by atoms with Crippen molar-refractivity contribution in [2.24, 2.45) is 0 Å². The van der Waals surface area contributed by atoms with Crippen molar-refractivity contribution in [3.63, 3.8) is 0 Å². The molecule has 0 radical (unpaired) electrons. The third kappa shape index (κ3) is 1.39. The van der Waals surface area contributed by atoms with Gasteiger partial charge in [-0.05, 0) is 0 Å². The molecule has 0 N–H and O–H groups in total. The number of rotatable bonds is 0. The van der Waals surface area contributed by atoms with E-state index < -0.39 is 0 Å². The molecule has 0 nitrogen and oxygen atoms in total. The molecule has 0 aromatic heterocycles. The van der Waals surface area contributed by atoms with E-state index >= 15 is 0 Å². The average molecular weight is 496 g/mol. The van der Waals surface area contributed by atoms with Crippen molar-refractivity contribution in [3.05, 3.63) is 22.3 Å². The number of benzene rings is 2. The van der Waals surface area contributed by atoms with Gasteiger partial charge in [-0.1, -0.05) is 0 Å². The van der Waals surface area contributed by atoms with Crippen LogP contribution in [-0.4, -0.2) is 52.5 Å². The fourth-order valence-corrected chi connectivity index (χ4v) is 21.5. The van der Waals surface area contributed by atoms with Crippen molar-refractivity contribution in [2.45, 2.75) is 27.7 Å². The van der Waals surface area contributed by atoms with Crippen molar-refractivity contribution < 1.29 is 0 Å². The monoisotopic (exact) mass is 500 g/mol. The van der Waals surface area contributed by atoms with Gasteiger partial charge in [0.05, 0.1) is 0 Å². The Labute approximate surface area is 130 Å². The Hall–Kier alpha value is 0.778. The third-order valence-corrected chi connectivity index (χ3v) is 19.2. The van der Waals surface area contributed by atoms with Gasteiger partial charge < -0.3 is 0 Å². The quantitative estimate of drug-likeness (QED) is 0.422. The van der Waals surface area contributed by atoms with Gasteiger partial charge in [0.15, 0.2) is 0 Å². The Morgan fingerprint density at radius 3 is 0.889 bits per heavy atom. The molecule has 4 rings (SSSR count). The van der Waals surface area contributed by atoms with Gasteiger partial charge in [-0.25, -0.2) is 0 Å². The number of hydrogen-bond acceptors (Lipinski definition) is 0. The second-order valence-electron chi connectivity index (χ2n) is 4.90. The van der Waals surface area contributed by atoms with Gasteiger partial charge in [-0.2, -0.15) is 0 Å². The molecule has 0 fully saturated rings. The van der Waals surface area contributed by atoms with Crippen LogP contribution in [0.25, 0.3) is 10.8 Å². The summed E-state index contributed by atoms with van der Waals surface area (Å²) in [6.07, 6.45) is 0. The summed E-state index contributed by atoms with van der Waals surface area (Å²) in [4.78, 5) is 0. The zero-order valence-electron chi connectivity index (χ0n) is 10.6. The van der Waals surface area contributed by atoms with Crippen molar-refractivity contribution in [1.29, 1.82) is 0 Å². The minimum atomic E-state index is 0.751. The second kappa shape index (κ2) is 4.14. The van der Waals surface area contributed by atoms with Crippen LogP contribution in [0, 0.1) is 27.7 Å². The summed E-state index contributed by atoms with van der Waals surface area (Å²) in [6, 6.07) is 0. The Morgan fingerprint density at radius 2 is 0.667 bits per heavy atom. The van der Waals surface area contributed by atoms with Gasteiger partial charge in [-0.15, -0.1) is 0 Å². The molecule has 0 saturated heterocycles. The molecule has 18 heavy (non-hydrogen) atoms. The van der Waals surface area contributed by atoms with Crippen LogP contribution in [0.2, 0.25) is 0 Å². The van der Waals surface area contributed by atoms with Crippen molar-refractivity contribution in [2.75, 3.05) is 0 Å². The van der Waals surface area contributed by atoms with Crippen LogP contribution in [-0.2, 0) is 0 Å². The molecule has 0 saturated carbocycles. The van der Waals surface area contributed by atoms with E-state index in [4.69, 9.17) is 0 Å². The van der Waals surface area contributed by atoms with E-state index in [0.29, 0.717) is 0 Å². The first-order valence-corrected chi connectivity index (χ1v) is 18.0. The summed E-state index contributed by atoms with van der Waals surface area (Å²) in [5, 5.41) is 3.49. The molecule has 2 aliphatic rings. The predicted molar refractivity (Wildman–Crippen MR) is 84.4 cm³/mol. The zero-order valence-corrected chi connectivity index (χ0v) is 17.5. The molecule has 2 aromatic rings. The minimum absolute atomic E-state index is 0.751. The number of hydrogen-bond donors (Lipinski definition) is 0. The molecule has 2 aliphatic heterocycles. The van der Waals surface area contributed by atoms with Crippen LogP contribution in [0.5, 0.6) is 0 Å². The molecule has 0 unspecified atom stereocenters. The Bertz CT molecular complexity index is 610. The molecule has 0 bridgehead atoms. The first-order chi connectivity index (χ1) is 8.61. The van der Waals surface area contributed by atoms with Crippen LogP contribution < -0.4 is 17.8 Å². The zero-order chi connectivity index (χ0) is 12.6. The summed E-state index contributed by atoms with van der Waals surface area (Å²) < 4.78 is 7.08. The van der Waals surface area contributed by atoms with Gasteiger partial charge in [0.2, 0.25) is 0 Å². The van der Waals surface area contributed by atoms with Crippen LogP contribution in [0.15, 0.2) is 0 Å². The summed E-state index contributed by atoms with van der Waals surface area (Å²) in [6.45, 7) is 9.52. The van der Waals surface area contributed by atoms with Crippen LogP contribution in [0.4, 0.5) is 0 Å². The SMILES string of the molecule is Cc1c(C)c2c3c(c(C)c(C)c4c3c1[Se][Se]4)[Se][Se]2. The Kier molecular flexibility index (Phi) is 2.88. The average Bonchev–Trinajstić information content (AvgIpc) is 2.96. The van der Waals surface area contributed by atoms with E-state index in [1.165, 1.54) is 0 Å². The van der Waals surface area contributed by atoms with Gasteiger partial charge in [0, 0.05) is 0 Å². The van der Waals surface area contributed by atoms with Gasteiger partial charge in [0.1, 0.15) is 0 Å². The van der Waals surface area contributed by atoms with Crippen molar-refractivity contribution in [1.82, 2.24) is 0 Å². The summed E-state index contributed by atoms with van der Waals surface area (Å²) in [5.41, 5.74) is 6.58. The van der Waals surface area contributed by atoms with Gasteiger partial charge in [-0.3, -0.25) is 0 Å². The topological polar surface area (TPSA) is 0 Å². The van der Waals surface area contributed by atoms with E-state index in [9.17, 15) is 0 Å². The maximum absolute atomic E-state index is 2.38. The van der Waals surface area contributed by atoms with Crippen molar-refractivity contribution in [3.8, 4) is 0 Å². The predicted octanol–water partition coefficient (Wildman–Crippen LogP) is -0.751. The molecule has 0 atom stereocenters. The second-order valence-corrected chi connectivity index (χ2v) is 17.0. The standard InChI is InChI=1S/C14H12Se4/c1-5-6(2)12-10-9-11(5)15-17-13(9)7(3)8(4)14(10)18-16-12/h1-4H3. The maximum atomic E-state index is 2.38. The van der Waals surface area contributed by atoms with E-state index in [2.05, 4.69) is 27.7 Å². The Morgan fingerprint density at radius 1 is 0.444 bits per heavy atom. The van der Waals surface area contributed by atoms with Crippen LogP contribution in [0.3, 0.4) is 0 Å². The van der Waals surface area contributed by atoms with Gasteiger partial charge in [0.25, 0.3) is 0 Å². The molecule has 4 heteroatoms. The Balaban J connectivity index is 2.35. The summed E-state index contributed by atoms with van der Waals surface area (Å²) >= 11 is 3.00. The molecular formula is C14H12Se4. The molecule has 2 heterocycles. The summed E-state index contributed by atoms with van der Waals surface area (Å²) in [7, 11) is 0. The third-order valence-electron chi connectivity index (χ3n) is 4.06. The van der Waals surface area contributed by atoms with E-state index in [1.807, 2.05) is 0 Å². The molecule has 2 aromatic carbocycles. The molecular weight excluding hydrogens is 484 g/mol. The van der Waals surface area contributed by atoms with Crippen molar-refractivity contribution >= 4 is 81.1 Å². The molecule has 0 spiro atoms. The molecule has 0 aliphatic carbocycles. The van der Waals surface area contributed by atoms with E-state index in [1.54, 1.807) is 50.9 Å². The van der Waals surface area contributed by atoms with Crippen LogP contribution >= 0.6 is 0 Å². The normalized spacial score (nSPS) is 16.0. The van der Waals surface area contributed by atoms with E-state index in [0.717, 1.165) is 52.5 Å². The first-order valence-electron chi connectivity index (χ1n) is 5.90. The fourth-order valence-electron chi connectivity index (χ4n) is 2.67.